The smallest absolute Gasteiger partial charge is 0.262 e. The molecule has 30 heavy (non-hydrogen) atoms. The van der Waals surface area contributed by atoms with Crippen molar-refractivity contribution in [2.24, 2.45) is 5.92 Å². The fraction of sp³-hybridized carbons (Fsp3) is 0.304. The van der Waals surface area contributed by atoms with Crippen LogP contribution in [-0.2, 0) is 17.9 Å². The summed E-state index contributed by atoms with van der Waals surface area (Å²) in [5, 5.41) is 16.4. The van der Waals surface area contributed by atoms with Crippen molar-refractivity contribution in [3.8, 4) is 11.8 Å². The number of hydrogen-bond donors (Lipinski definition) is 1. The van der Waals surface area contributed by atoms with E-state index in [0.29, 0.717) is 12.5 Å². The number of aromatic nitrogens is 4. The van der Waals surface area contributed by atoms with Gasteiger partial charge in [0.2, 0.25) is 0 Å². The zero-order valence-electron chi connectivity index (χ0n) is 17.8. The van der Waals surface area contributed by atoms with Crippen molar-refractivity contribution in [2.45, 2.75) is 40.8 Å². The van der Waals surface area contributed by atoms with E-state index in [1.54, 1.807) is 17.1 Å². The summed E-state index contributed by atoms with van der Waals surface area (Å²) in [7, 11) is 0. The fourth-order valence-electron chi connectivity index (χ4n) is 3.31. The molecule has 0 bridgehead atoms. The maximum absolute atomic E-state index is 12.6. The van der Waals surface area contributed by atoms with Crippen LogP contribution in [0.4, 0.5) is 0 Å². The third-order valence-electron chi connectivity index (χ3n) is 4.90. The van der Waals surface area contributed by atoms with Gasteiger partial charge in [0.15, 0.2) is 0 Å². The van der Waals surface area contributed by atoms with Crippen LogP contribution in [0.5, 0.6) is 0 Å². The largest absolute Gasteiger partial charge is 0.348 e. The highest BCUT2D eigenvalue weighted by Gasteiger charge is 2.13. The van der Waals surface area contributed by atoms with Crippen molar-refractivity contribution in [2.75, 3.05) is 0 Å². The summed E-state index contributed by atoms with van der Waals surface area (Å²) < 4.78 is 3.88. The van der Waals surface area contributed by atoms with E-state index < -0.39 is 0 Å². The highest BCUT2D eigenvalue weighted by atomic mass is 16.1. The number of nitrogens with zero attached hydrogens (tertiary/aromatic N) is 5. The van der Waals surface area contributed by atoms with E-state index in [9.17, 15) is 10.1 Å². The molecular weight excluding hydrogens is 376 g/mol. The third kappa shape index (κ3) is 4.84. The Morgan fingerprint density at radius 1 is 1.27 bits per heavy atom. The van der Waals surface area contributed by atoms with Crippen LogP contribution >= 0.6 is 0 Å². The SMILES string of the molecule is Cc1cc(C=C(C#N)C(=O)NCc2ccc(-n3cncn3)cc2)c(C)n1CC(C)C. The molecule has 0 aliphatic heterocycles. The fourth-order valence-corrected chi connectivity index (χ4v) is 3.31. The molecular formula is C23H26N6O. The Kier molecular flexibility index (Phi) is 6.48. The first-order valence-electron chi connectivity index (χ1n) is 9.89. The van der Waals surface area contributed by atoms with Crippen LogP contribution in [0.25, 0.3) is 11.8 Å². The first-order chi connectivity index (χ1) is 14.4. The lowest BCUT2D eigenvalue weighted by atomic mass is 10.1. The zero-order chi connectivity index (χ0) is 21.7. The van der Waals surface area contributed by atoms with Crippen LogP contribution in [0.3, 0.4) is 0 Å². The van der Waals surface area contributed by atoms with Gasteiger partial charge in [-0.25, -0.2) is 9.67 Å². The lowest BCUT2D eigenvalue weighted by Gasteiger charge is -2.12. The Hall–Kier alpha value is -3.66. The molecule has 2 heterocycles. The maximum Gasteiger partial charge on any atom is 0.262 e. The average Bonchev–Trinajstić information content (AvgIpc) is 3.35. The molecule has 0 fully saturated rings. The van der Waals surface area contributed by atoms with Gasteiger partial charge in [-0.3, -0.25) is 4.79 Å². The molecule has 0 saturated heterocycles. The number of hydrogen-bond acceptors (Lipinski definition) is 4. The molecule has 0 spiro atoms. The van der Waals surface area contributed by atoms with Gasteiger partial charge < -0.3 is 9.88 Å². The molecule has 0 unspecified atom stereocenters. The number of rotatable bonds is 7. The number of nitriles is 1. The van der Waals surface area contributed by atoms with Crippen LogP contribution < -0.4 is 5.32 Å². The summed E-state index contributed by atoms with van der Waals surface area (Å²) in [5.74, 6) is 0.132. The van der Waals surface area contributed by atoms with Gasteiger partial charge in [-0.2, -0.15) is 10.4 Å². The molecule has 0 aliphatic carbocycles. The molecule has 1 N–H and O–H groups in total. The first kappa shape index (κ1) is 21.1. The number of benzene rings is 1. The van der Waals surface area contributed by atoms with Crippen molar-refractivity contribution >= 4 is 12.0 Å². The second-order valence-corrected chi connectivity index (χ2v) is 7.69. The molecule has 1 aromatic carbocycles. The average molecular weight is 403 g/mol. The van der Waals surface area contributed by atoms with Gasteiger partial charge in [-0.05, 0) is 55.2 Å². The Balaban J connectivity index is 1.69. The molecule has 3 rings (SSSR count). The number of nitrogens with one attached hydrogen (secondary N) is 1. The molecule has 7 heteroatoms. The second-order valence-electron chi connectivity index (χ2n) is 7.69. The zero-order valence-corrected chi connectivity index (χ0v) is 17.8. The van der Waals surface area contributed by atoms with E-state index in [0.717, 1.165) is 34.7 Å². The molecule has 0 aliphatic rings. The minimum absolute atomic E-state index is 0.0963. The van der Waals surface area contributed by atoms with Crippen LogP contribution in [-0.4, -0.2) is 25.2 Å². The van der Waals surface area contributed by atoms with E-state index in [1.165, 1.54) is 6.33 Å². The Morgan fingerprint density at radius 2 is 2.00 bits per heavy atom. The van der Waals surface area contributed by atoms with Crippen LogP contribution in [0.15, 0.2) is 48.6 Å². The van der Waals surface area contributed by atoms with Gasteiger partial charge >= 0.3 is 0 Å². The molecule has 1 amide bonds. The summed E-state index contributed by atoms with van der Waals surface area (Å²) in [5.41, 5.74) is 5.00. The lowest BCUT2D eigenvalue weighted by molar-refractivity contribution is -0.117. The van der Waals surface area contributed by atoms with E-state index in [1.807, 2.05) is 50.2 Å². The summed E-state index contributed by atoms with van der Waals surface area (Å²) in [6, 6.07) is 11.7. The molecule has 0 radical (unpaired) electrons. The Bertz CT molecular complexity index is 1080. The topological polar surface area (TPSA) is 88.5 Å². The maximum atomic E-state index is 12.6. The molecule has 7 nitrogen and oxygen atoms in total. The van der Waals surface area contributed by atoms with Gasteiger partial charge in [0, 0.05) is 24.5 Å². The van der Waals surface area contributed by atoms with Gasteiger partial charge in [0.25, 0.3) is 5.91 Å². The molecule has 2 aromatic heterocycles. The Labute approximate surface area is 176 Å². The number of amides is 1. The predicted molar refractivity (Wildman–Crippen MR) is 116 cm³/mol. The van der Waals surface area contributed by atoms with E-state index in [2.05, 4.69) is 33.8 Å². The van der Waals surface area contributed by atoms with Crippen molar-refractivity contribution in [3.63, 3.8) is 0 Å². The Morgan fingerprint density at radius 3 is 2.60 bits per heavy atom. The second kappa shape index (κ2) is 9.23. The van der Waals surface area contributed by atoms with Crippen molar-refractivity contribution in [1.82, 2.24) is 24.6 Å². The minimum Gasteiger partial charge on any atom is -0.348 e. The van der Waals surface area contributed by atoms with Gasteiger partial charge in [-0.15, -0.1) is 0 Å². The minimum atomic E-state index is -0.383. The van der Waals surface area contributed by atoms with E-state index in [-0.39, 0.29) is 11.5 Å². The van der Waals surface area contributed by atoms with Crippen molar-refractivity contribution in [1.29, 1.82) is 5.26 Å². The third-order valence-corrected chi connectivity index (χ3v) is 4.90. The van der Waals surface area contributed by atoms with Crippen LogP contribution in [0.1, 0.15) is 36.4 Å². The number of carbonyl (C=O) groups is 1. The van der Waals surface area contributed by atoms with Crippen molar-refractivity contribution in [3.05, 3.63) is 71.1 Å². The van der Waals surface area contributed by atoms with E-state index in [4.69, 9.17) is 0 Å². The summed E-state index contributed by atoms with van der Waals surface area (Å²) in [6.45, 7) is 9.64. The normalized spacial score (nSPS) is 11.5. The molecule has 0 saturated carbocycles. The predicted octanol–water partition coefficient (Wildman–Crippen LogP) is 3.57. The standard InChI is InChI=1S/C23H26N6O/c1-16(2)13-28-17(3)9-20(18(28)4)10-21(11-24)23(30)26-12-19-5-7-22(8-6-19)29-15-25-14-27-29/h5-10,14-16H,12-13H2,1-4H3,(H,26,30). The summed E-state index contributed by atoms with van der Waals surface area (Å²) in [6.07, 6.45) is 4.77. The van der Waals surface area contributed by atoms with E-state index >= 15 is 0 Å². The monoisotopic (exact) mass is 402 g/mol. The molecule has 0 atom stereocenters. The van der Waals surface area contributed by atoms with Gasteiger partial charge in [0.05, 0.1) is 5.69 Å². The lowest BCUT2D eigenvalue weighted by Crippen LogP contribution is -2.24. The first-order valence-corrected chi connectivity index (χ1v) is 9.89. The molecule has 3 aromatic rings. The van der Waals surface area contributed by atoms with Gasteiger partial charge in [-0.1, -0.05) is 26.0 Å². The highest BCUT2D eigenvalue weighted by molar-refractivity contribution is 6.01. The number of aryl methyl sites for hydroxylation is 1. The highest BCUT2D eigenvalue weighted by Crippen LogP contribution is 2.20. The summed E-state index contributed by atoms with van der Waals surface area (Å²) >= 11 is 0. The van der Waals surface area contributed by atoms with Crippen molar-refractivity contribution < 1.29 is 4.79 Å². The number of carbonyl (C=O) groups excluding carboxylic acids is 1. The molecule has 154 valence electrons. The van der Waals surface area contributed by atoms with Crippen LogP contribution in [0, 0.1) is 31.1 Å². The van der Waals surface area contributed by atoms with Crippen LogP contribution in [0.2, 0.25) is 0 Å². The quantitative estimate of drug-likeness (QED) is 0.483. The summed E-state index contributed by atoms with van der Waals surface area (Å²) in [4.78, 5) is 16.5. The van der Waals surface area contributed by atoms with Gasteiger partial charge in [0.1, 0.15) is 24.3 Å².